The Morgan fingerprint density at radius 3 is 2.48 bits per heavy atom. The average Bonchev–Trinajstić information content (AvgIpc) is 3.27. The topological polar surface area (TPSA) is 82.4 Å². The second kappa shape index (κ2) is 9.60. The molecule has 0 bridgehead atoms. The van der Waals surface area contributed by atoms with Crippen LogP contribution < -0.4 is 4.74 Å². The number of benzene rings is 2. The van der Waals surface area contributed by atoms with E-state index < -0.39 is 5.60 Å². The van der Waals surface area contributed by atoms with Crippen molar-refractivity contribution in [2.75, 3.05) is 20.2 Å². The number of nitrogens with zero attached hydrogens (tertiary/aromatic N) is 5. The summed E-state index contributed by atoms with van der Waals surface area (Å²) in [6, 6.07) is 16.3. The fourth-order valence-electron chi connectivity index (χ4n) is 4.08. The summed E-state index contributed by atoms with van der Waals surface area (Å²) in [7, 11) is 1.66. The number of tetrazole rings is 1. The summed E-state index contributed by atoms with van der Waals surface area (Å²) in [5.74, 6) is 1.94. The van der Waals surface area contributed by atoms with Gasteiger partial charge in [-0.15, -0.1) is 5.10 Å². The van der Waals surface area contributed by atoms with Crippen molar-refractivity contribution < 1.29 is 14.3 Å². The molecule has 0 N–H and O–H groups in total. The lowest BCUT2D eigenvalue weighted by Gasteiger charge is -2.33. The Bertz CT molecular complexity index is 1080. The Hall–Kier alpha value is -3.42. The van der Waals surface area contributed by atoms with Crippen LogP contribution in [0.3, 0.4) is 0 Å². The molecule has 3 aromatic rings. The molecule has 1 aliphatic heterocycles. The maximum absolute atomic E-state index is 12.4. The van der Waals surface area contributed by atoms with E-state index in [0.717, 1.165) is 35.5 Å². The first kappa shape index (κ1) is 22.8. The van der Waals surface area contributed by atoms with Gasteiger partial charge in [-0.1, -0.05) is 30.3 Å². The van der Waals surface area contributed by atoms with Crippen LogP contribution in [0.25, 0.3) is 11.4 Å². The van der Waals surface area contributed by atoms with E-state index in [4.69, 9.17) is 9.47 Å². The lowest BCUT2D eigenvalue weighted by atomic mass is 9.88. The molecule has 174 valence electrons. The molecule has 0 saturated carbocycles. The summed E-state index contributed by atoms with van der Waals surface area (Å²) in [6.07, 6.45) is 1.58. The van der Waals surface area contributed by atoms with Gasteiger partial charge in [-0.2, -0.15) is 0 Å². The van der Waals surface area contributed by atoms with Crippen LogP contribution in [0.5, 0.6) is 5.75 Å². The highest BCUT2D eigenvalue weighted by molar-refractivity contribution is 5.68. The minimum atomic E-state index is -0.474. The number of hydrogen-bond acceptors (Lipinski definition) is 6. The van der Waals surface area contributed by atoms with Gasteiger partial charge in [0.15, 0.2) is 5.82 Å². The van der Waals surface area contributed by atoms with E-state index in [0.29, 0.717) is 25.6 Å². The van der Waals surface area contributed by atoms with Gasteiger partial charge >= 0.3 is 6.09 Å². The van der Waals surface area contributed by atoms with E-state index in [1.54, 1.807) is 12.0 Å². The van der Waals surface area contributed by atoms with E-state index in [1.165, 1.54) is 5.56 Å². The van der Waals surface area contributed by atoms with Crippen molar-refractivity contribution in [1.29, 1.82) is 0 Å². The fraction of sp³-hybridized carbons (Fsp3) is 0.440. The van der Waals surface area contributed by atoms with E-state index in [9.17, 15) is 4.79 Å². The Morgan fingerprint density at radius 2 is 1.82 bits per heavy atom. The molecular weight excluding hydrogens is 418 g/mol. The van der Waals surface area contributed by atoms with Gasteiger partial charge in [0, 0.05) is 18.7 Å². The summed E-state index contributed by atoms with van der Waals surface area (Å²) in [4.78, 5) is 14.2. The number of likely N-dealkylation sites (tertiary alicyclic amines) is 1. The van der Waals surface area contributed by atoms with Gasteiger partial charge in [-0.05, 0) is 79.3 Å². The van der Waals surface area contributed by atoms with Gasteiger partial charge in [-0.3, -0.25) is 0 Å². The predicted octanol–water partition coefficient (Wildman–Crippen LogP) is 4.51. The highest BCUT2D eigenvalue weighted by Gasteiger charge is 2.27. The van der Waals surface area contributed by atoms with E-state index in [-0.39, 0.29) is 6.09 Å². The number of ether oxygens (including phenoxy) is 2. The number of rotatable bonds is 5. The van der Waals surface area contributed by atoms with Gasteiger partial charge in [-0.25, -0.2) is 9.48 Å². The van der Waals surface area contributed by atoms with Crippen molar-refractivity contribution in [3.63, 3.8) is 0 Å². The van der Waals surface area contributed by atoms with Gasteiger partial charge in [0.25, 0.3) is 0 Å². The zero-order valence-electron chi connectivity index (χ0n) is 19.7. The van der Waals surface area contributed by atoms with Crippen molar-refractivity contribution in [3.8, 4) is 17.1 Å². The minimum Gasteiger partial charge on any atom is -0.497 e. The molecule has 1 saturated heterocycles. The van der Waals surface area contributed by atoms with E-state index in [1.807, 2.05) is 55.8 Å². The Labute approximate surface area is 194 Å². The van der Waals surface area contributed by atoms with Crippen LogP contribution >= 0.6 is 0 Å². The second-order valence-corrected chi connectivity index (χ2v) is 9.38. The third-order valence-corrected chi connectivity index (χ3v) is 5.79. The molecule has 0 spiro atoms. The SMILES string of the molecule is COc1ccc(Cn2nnnc2-c2cccc(C3CCN(C(=O)OC(C)(C)C)CC3)c2)cc1. The summed E-state index contributed by atoms with van der Waals surface area (Å²) in [5, 5.41) is 12.4. The van der Waals surface area contributed by atoms with E-state index in [2.05, 4.69) is 33.7 Å². The largest absolute Gasteiger partial charge is 0.497 e. The van der Waals surface area contributed by atoms with Crippen molar-refractivity contribution >= 4 is 6.09 Å². The Morgan fingerprint density at radius 1 is 1.09 bits per heavy atom. The summed E-state index contributed by atoms with van der Waals surface area (Å²) in [6.45, 7) is 7.64. The number of methoxy groups -OCH3 is 1. The number of carbonyl (C=O) groups is 1. The molecule has 2 aromatic carbocycles. The van der Waals surface area contributed by atoms with Crippen LogP contribution in [0.4, 0.5) is 4.79 Å². The smallest absolute Gasteiger partial charge is 0.410 e. The molecule has 0 radical (unpaired) electrons. The van der Waals surface area contributed by atoms with Crippen LogP contribution in [0.1, 0.15) is 50.7 Å². The first-order valence-corrected chi connectivity index (χ1v) is 11.3. The minimum absolute atomic E-state index is 0.229. The maximum Gasteiger partial charge on any atom is 0.410 e. The molecule has 4 rings (SSSR count). The van der Waals surface area contributed by atoms with Gasteiger partial charge < -0.3 is 14.4 Å². The molecule has 8 nitrogen and oxygen atoms in total. The molecular formula is C25H31N5O3. The van der Waals surface area contributed by atoms with Gasteiger partial charge in [0.1, 0.15) is 11.4 Å². The molecule has 33 heavy (non-hydrogen) atoms. The number of piperidine rings is 1. The van der Waals surface area contributed by atoms with Crippen LogP contribution in [0, 0.1) is 0 Å². The van der Waals surface area contributed by atoms with E-state index >= 15 is 0 Å². The molecule has 1 amide bonds. The maximum atomic E-state index is 12.4. The summed E-state index contributed by atoms with van der Waals surface area (Å²) < 4.78 is 12.6. The summed E-state index contributed by atoms with van der Waals surface area (Å²) >= 11 is 0. The number of hydrogen-bond donors (Lipinski definition) is 0. The Kier molecular flexibility index (Phi) is 6.62. The van der Waals surface area contributed by atoms with Crippen molar-refractivity contribution in [1.82, 2.24) is 25.1 Å². The standard InChI is InChI=1S/C25H31N5O3/c1-25(2,3)33-24(31)29-14-12-19(13-15-29)20-6-5-7-21(16-20)23-26-27-28-30(23)17-18-8-10-22(32-4)11-9-18/h5-11,16,19H,12-15,17H2,1-4H3. The highest BCUT2D eigenvalue weighted by Crippen LogP contribution is 2.31. The summed E-state index contributed by atoms with van der Waals surface area (Å²) in [5.41, 5.74) is 2.85. The molecule has 1 aliphatic rings. The van der Waals surface area contributed by atoms with Crippen molar-refractivity contribution in [2.45, 2.75) is 51.7 Å². The Balaban J connectivity index is 1.44. The second-order valence-electron chi connectivity index (χ2n) is 9.38. The number of carbonyl (C=O) groups excluding carboxylic acids is 1. The van der Waals surface area contributed by atoms with Crippen LogP contribution in [-0.2, 0) is 11.3 Å². The quantitative estimate of drug-likeness (QED) is 0.570. The molecule has 2 heterocycles. The molecule has 0 unspecified atom stereocenters. The van der Waals surface area contributed by atoms with Crippen LogP contribution in [-0.4, -0.2) is 57.0 Å². The normalized spacial score (nSPS) is 14.8. The first-order chi connectivity index (χ1) is 15.8. The first-order valence-electron chi connectivity index (χ1n) is 11.3. The highest BCUT2D eigenvalue weighted by atomic mass is 16.6. The predicted molar refractivity (Wildman–Crippen MR) is 125 cm³/mol. The van der Waals surface area contributed by atoms with Crippen LogP contribution in [0.15, 0.2) is 48.5 Å². The third-order valence-electron chi connectivity index (χ3n) is 5.79. The van der Waals surface area contributed by atoms with Gasteiger partial charge in [0.2, 0.25) is 0 Å². The molecule has 0 aliphatic carbocycles. The lowest BCUT2D eigenvalue weighted by Crippen LogP contribution is -2.41. The average molecular weight is 450 g/mol. The molecule has 8 heteroatoms. The zero-order chi connectivity index (χ0) is 23.4. The fourth-order valence-corrected chi connectivity index (χ4v) is 4.08. The molecule has 1 aromatic heterocycles. The number of amides is 1. The number of aromatic nitrogens is 4. The molecule has 0 atom stereocenters. The van der Waals surface area contributed by atoms with Gasteiger partial charge in [0.05, 0.1) is 13.7 Å². The van der Waals surface area contributed by atoms with Crippen molar-refractivity contribution in [2.24, 2.45) is 0 Å². The zero-order valence-corrected chi connectivity index (χ0v) is 19.7. The van der Waals surface area contributed by atoms with Crippen molar-refractivity contribution in [3.05, 3.63) is 59.7 Å². The monoisotopic (exact) mass is 449 g/mol. The molecule has 1 fully saturated rings. The lowest BCUT2D eigenvalue weighted by molar-refractivity contribution is 0.0205. The third kappa shape index (κ3) is 5.69. The van der Waals surface area contributed by atoms with Crippen LogP contribution in [0.2, 0.25) is 0 Å².